The first-order valence-electron chi connectivity index (χ1n) is 6.97. The van der Waals surface area contributed by atoms with Gasteiger partial charge < -0.3 is 4.84 Å². The van der Waals surface area contributed by atoms with Crippen molar-refractivity contribution in [3.63, 3.8) is 0 Å². The molecule has 0 amide bonds. The van der Waals surface area contributed by atoms with Gasteiger partial charge >= 0.3 is 0 Å². The van der Waals surface area contributed by atoms with Gasteiger partial charge in [-0.1, -0.05) is 29.2 Å². The Morgan fingerprint density at radius 2 is 1.67 bits per heavy atom. The highest BCUT2D eigenvalue weighted by Gasteiger charge is 2.31. The standard InChI is InChI=1S/C15H27N4OP/c1-7-8-14-19(6)21(17(2)3,18(4)5)16-20-15-12-10-9-11-13-15/h7,9-13H,1,8,14H2,2-6H3. The lowest BCUT2D eigenvalue weighted by Gasteiger charge is -2.41. The lowest BCUT2D eigenvalue weighted by atomic mass is 10.3. The molecule has 1 aromatic rings. The Morgan fingerprint density at radius 3 is 2.14 bits per heavy atom. The van der Waals surface area contributed by atoms with Crippen molar-refractivity contribution in [3.8, 4) is 5.75 Å². The Morgan fingerprint density at radius 1 is 1.10 bits per heavy atom. The van der Waals surface area contributed by atoms with Crippen LogP contribution in [-0.2, 0) is 0 Å². The monoisotopic (exact) mass is 310 g/mol. The largest absolute Gasteiger partial charge is 0.355 e. The predicted molar refractivity (Wildman–Crippen MR) is 91.2 cm³/mol. The van der Waals surface area contributed by atoms with E-state index in [9.17, 15) is 0 Å². The molecule has 1 rings (SSSR count). The van der Waals surface area contributed by atoms with Crippen molar-refractivity contribution < 1.29 is 4.84 Å². The van der Waals surface area contributed by atoms with Gasteiger partial charge in [0.05, 0.1) is 0 Å². The highest BCUT2D eigenvalue weighted by molar-refractivity contribution is 7.58. The first-order valence-corrected chi connectivity index (χ1v) is 8.57. The molecule has 0 aliphatic heterocycles. The zero-order chi connectivity index (χ0) is 15.9. The van der Waals surface area contributed by atoms with Crippen LogP contribution in [0.3, 0.4) is 0 Å². The summed E-state index contributed by atoms with van der Waals surface area (Å²) >= 11 is 0. The molecule has 0 aliphatic carbocycles. The van der Waals surface area contributed by atoms with Crippen LogP contribution >= 0.6 is 7.51 Å². The maximum atomic E-state index is 5.72. The number of nitrogens with zero attached hydrogens (tertiary/aromatic N) is 4. The molecule has 0 atom stereocenters. The second-order valence-electron chi connectivity index (χ2n) is 5.18. The zero-order valence-electron chi connectivity index (χ0n) is 13.7. The van der Waals surface area contributed by atoms with Crippen LogP contribution in [0.1, 0.15) is 6.42 Å². The smallest absolute Gasteiger partial charge is 0.210 e. The summed E-state index contributed by atoms with van der Waals surface area (Å²) in [7, 11) is 8.16. The van der Waals surface area contributed by atoms with Crippen molar-refractivity contribution in [1.82, 2.24) is 14.0 Å². The summed E-state index contributed by atoms with van der Waals surface area (Å²) in [6, 6.07) is 9.67. The summed E-state index contributed by atoms with van der Waals surface area (Å²) in [5.41, 5.74) is 0. The Hall–Kier alpha value is -1.13. The molecule has 5 nitrogen and oxygen atoms in total. The molecule has 0 fully saturated rings. The second kappa shape index (κ2) is 8.35. The molecule has 0 aliphatic rings. The van der Waals surface area contributed by atoms with Gasteiger partial charge in [0.1, 0.15) is 0 Å². The van der Waals surface area contributed by atoms with Crippen molar-refractivity contribution in [1.29, 1.82) is 0 Å². The zero-order valence-corrected chi connectivity index (χ0v) is 14.6. The molecule has 21 heavy (non-hydrogen) atoms. The Labute approximate surface area is 129 Å². The van der Waals surface area contributed by atoms with E-state index >= 15 is 0 Å². The van der Waals surface area contributed by atoms with Crippen molar-refractivity contribution >= 4 is 7.51 Å². The minimum atomic E-state index is -2.07. The summed E-state index contributed by atoms with van der Waals surface area (Å²) in [5.74, 6) is 0.752. The maximum Gasteiger partial charge on any atom is 0.210 e. The van der Waals surface area contributed by atoms with Crippen molar-refractivity contribution in [3.05, 3.63) is 43.0 Å². The van der Waals surface area contributed by atoms with E-state index in [2.05, 4.69) is 32.5 Å². The Bertz CT molecular complexity index is 476. The van der Waals surface area contributed by atoms with Crippen molar-refractivity contribution in [2.75, 3.05) is 41.8 Å². The van der Waals surface area contributed by atoms with Gasteiger partial charge in [-0.3, -0.25) is 0 Å². The second-order valence-corrected chi connectivity index (χ2v) is 8.70. The normalized spacial score (nSPS) is 12.0. The molecule has 1 aromatic carbocycles. The van der Waals surface area contributed by atoms with Crippen LogP contribution in [-0.4, -0.2) is 55.8 Å². The lowest BCUT2D eigenvalue weighted by Crippen LogP contribution is -2.33. The minimum absolute atomic E-state index is 0.752. The summed E-state index contributed by atoms with van der Waals surface area (Å²) in [4.78, 5) is 10.4. The van der Waals surface area contributed by atoms with Crippen LogP contribution in [0, 0.1) is 0 Å². The van der Waals surface area contributed by atoms with Gasteiger partial charge in [-0.2, -0.15) is 0 Å². The summed E-state index contributed by atoms with van der Waals surface area (Å²) in [6.45, 7) is 4.68. The van der Waals surface area contributed by atoms with E-state index in [-0.39, 0.29) is 0 Å². The van der Waals surface area contributed by atoms with Gasteiger partial charge in [0, 0.05) is 6.54 Å². The molecular formula is C15H27N4OP. The summed E-state index contributed by atoms with van der Waals surface area (Å²) in [6.07, 6.45) is 2.84. The van der Waals surface area contributed by atoms with Crippen molar-refractivity contribution in [2.24, 2.45) is 4.91 Å². The van der Waals surface area contributed by atoms with Crippen LogP contribution in [0.2, 0.25) is 0 Å². The topological polar surface area (TPSA) is 31.3 Å². The molecule has 118 valence electrons. The van der Waals surface area contributed by atoms with Crippen LogP contribution in [0.4, 0.5) is 0 Å². The van der Waals surface area contributed by atoms with Crippen LogP contribution in [0.15, 0.2) is 47.9 Å². The molecule has 0 bridgehead atoms. The summed E-state index contributed by atoms with van der Waals surface area (Å²) in [5, 5.41) is 0. The van der Waals surface area contributed by atoms with Gasteiger partial charge in [0.15, 0.2) is 5.75 Å². The quantitative estimate of drug-likeness (QED) is 0.417. The van der Waals surface area contributed by atoms with E-state index in [0.29, 0.717) is 0 Å². The van der Waals surface area contributed by atoms with Gasteiger partial charge in [0.2, 0.25) is 7.51 Å². The van der Waals surface area contributed by atoms with E-state index in [4.69, 9.17) is 4.84 Å². The average molecular weight is 310 g/mol. The van der Waals surface area contributed by atoms with E-state index < -0.39 is 7.51 Å². The molecule has 0 heterocycles. The molecular weight excluding hydrogens is 283 g/mol. The third kappa shape index (κ3) is 4.42. The molecule has 0 saturated heterocycles. The molecule has 0 unspecified atom stereocenters. The number of hydrogen-bond acceptors (Lipinski definition) is 2. The Balaban J connectivity index is 3.13. The summed E-state index contributed by atoms with van der Waals surface area (Å²) < 4.78 is 6.52. The third-order valence-corrected chi connectivity index (χ3v) is 6.75. The van der Waals surface area contributed by atoms with Crippen LogP contribution in [0.5, 0.6) is 5.75 Å². The van der Waals surface area contributed by atoms with E-state index in [0.717, 1.165) is 18.7 Å². The van der Waals surface area contributed by atoms with E-state index in [1.807, 2.05) is 64.6 Å². The first-order chi connectivity index (χ1) is 9.95. The third-order valence-electron chi connectivity index (χ3n) is 3.19. The number of para-hydroxylation sites is 1. The van der Waals surface area contributed by atoms with Gasteiger partial charge in [-0.15, -0.1) is 6.58 Å². The van der Waals surface area contributed by atoms with Crippen molar-refractivity contribution in [2.45, 2.75) is 6.42 Å². The highest BCUT2D eigenvalue weighted by atomic mass is 31.2. The maximum absolute atomic E-state index is 5.72. The Kier molecular flexibility index (Phi) is 7.12. The van der Waals surface area contributed by atoms with Gasteiger partial charge in [0.25, 0.3) is 0 Å². The molecule has 6 heteroatoms. The molecule has 0 aromatic heterocycles. The number of benzene rings is 1. The molecule has 0 N–H and O–H groups in total. The average Bonchev–Trinajstić information content (AvgIpc) is 2.46. The number of hydrogen-bond donors (Lipinski definition) is 0. The molecule has 0 saturated carbocycles. The number of rotatable bonds is 8. The SMILES string of the molecule is C=CCCN(C)P(=NOc1ccccc1)(N(C)C)N(C)C. The van der Waals surface area contributed by atoms with Crippen LogP contribution in [0.25, 0.3) is 0 Å². The van der Waals surface area contributed by atoms with Gasteiger partial charge in [-0.25, -0.2) is 14.0 Å². The fourth-order valence-electron chi connectivity index (χ4n) is 2.17. The highest BCUT2D eigenvalue weighted by Crippen LogP contribution is 2.55. The molecule has 0 spiro atoms. The fourth-order valence-corrected chi connectivity index (χ4v) is 5.11. The van der Waals surface area contributed by atoms with E-state index in [1.54, 1.807) is 0 Å². The molecule has 0 radical (unpaired) electrons. The van der Waals surface area contributed by atoms with Gasteiger partial charge in [-0.05, 0) is 53.8 Å². The first kappa shape index (κ1) is 17.9. The van der Waals surface area contributed by atoms with Crippen LogP contribution < -0.4 is 4.84 Å². The minimum Gasteiger partial charge on any atom is -0.355 e. The van der Waals surface area contributed by atoms with E-state index in [1.165, 1.54) is 0 Å². The fraction of sp³-hybridized carbons (Fsp3) is 0.467. The predicted octanol–water partition coefficient (Wildman–Crippen LogP) is 3.56. The lowest BCUT2D eigenvalue weighted by molar-refractivity contribution is 0.319.